The Balaban J connectivity index is 1.85. The van der Waals surface area contributed by atoms with Crippen LogP contribution in [0.2, 0.25) is 0 Å². The molecule has 0 spiro atoms. The number of pyridine rings is 1. The zero-order valence-electron chi connectivity index (χ0n) is 14.2. The van der Waals surface area contributed by atoms with Gasteiger partial charge in [-0.2, -0.15) is 0 Å². The van der Waals surface area contributed by atoms with Crippen molar-refractivity contribution in [3.05, 3.63) is 71.0 Å². The van der Waals surface area contributed by atoms with Gasteiger partial charge in [0.2, 0.25) is 0 Å². The second-order valence-electron chi connectivity index (χ2n) is 7.26. The summed E-state index contributed by atoms with van der Waals surface area (Å²) in [5.74, 6) is 0. The molecule has 3 aromatic carbocycles. The lowest BCUT2D eigenvalue weighted by molar-refractivity contribution is 0.359. The van der Waals surface area contributed by atoms with Crippen LogP contribution >= 0.6 is 0 Å². The first kappa shape index (κ1) is 14.7. The summed E-state index contributed by atoms with van der Waals surface area (Å²) in [5, 5.41) is 5.50. The van der Waals surface area contributed by atoms with Crippen LogP contribution < -0.4 is 5.43 Å². The molecule has 1 fully saturated rings. The molecule has 0 aliphatic heterocycles. The zero-order chi connectivity index (χ0) is 16.8. The molecule has 1 aliphatic carbocycles. The Morgan fingerprint density at radius 2 is 1.56 bits per heavy atom. The zero-order valence-corrected chi connectivity index (χ0v) is 14.2. The van der Waals surface area contributed by atoms with E-state index in [1.807, 2.05) is 6.20 Å². The van der Waals surface area contributed by atoms with E-state index in [-0.39, 0.29) is 5.43 Å². The van der Waals surface area contributed by atoms with Crippen LogP contribution in [0.1, 0.15) is 38.1 Å². The van der Waals surface area contributed by atoms with Crippen LogP contribution in [0.3, 0.4) is 0 Å². The Morgan fingerprint density at radius 3 is 2.36 bits per heavy atom. The summed E-state index contributed by atoms with van der Waals surface area (Å²) in [6.45, 7) is 0. The van der Waals surface area contributed by atoms with Crippen molar-refractivity contribution in [2.24, 2.45) is 0 Å². The molecule has 124 valence electrons. The summed E-state index contributed by atoms with van der Waals surface area (Å²) in [7, 11) is 0. The maximum Gasteiger partial charge on any atom is 0.190 e. The second-order valence-corrected chi connectivity index (χ2v) is 7.26. The molecule has 0 bridgehead atoms. The van der Waals surface area contributed by atoms with Crippen molar-refractivity contribution in [2.75, 3.05) is 0 Å². The molecule has 1 aliphatic rings. The molecule has 0 saturated heterocycles. The van der Waals surface area contributed by atoms with E-state index in [1.165, 1.54) is 42.9 Å². The monoisotopic (exact) mass is 327 g/mol. The molecule has 1 heterocycles. The molecule has 1 aromatic heterocycles. The number of rotatable bonds is 1. The highest BCUT2D eigenvalue weighted by molar-refractivity contribution is 6.11. The summed E-state index contributed by atoms with van der Waals surface area (Å²) in [6.07, 6.45) is 8.35. The van der Waals surface area contributed by atoms with E-state index in [0.717, 1.165) is 21.7 Å². The van der Waals surface area contributed by atoms with Crippen molar-refractivity contribution >= 4 is 32.4 Å². The van der Waals surface area contributed by atoms with E-state index >= 15 is 0 Å². The van der Waals surface area contributed by atoms with Crippen molar-refractivity contribution in [3.63, 3.8) is 0 Å². The van der Waals surface area contributed by atoms with Crippen LogP contribution in [0.15, 0.2) is 65.6 Å². The fourth-order valence-corrected chi connectivity index (χ4v) is 4.47. The van der Waals surface area contributed by atoms with Gasteiger partial charge in [-0.15, -0.1) is 0 Å². The fraction of sp³-hybridized carbons (Fsp3) is 0.261. The number of hydrogen-bond donors (Lipinski definition) is 0. The minimum absolute atomic E-state index is 0.128. The van der Waals surface area contributed by atoms with Crippen molar-refractivity contribution in [1.29, 1.82) is 0 Å². The molecule has 0 radical (unpaired) electrons. The van der Waals surface area contributed by atoms with E-state index in [0.29, 0.717) is 6.04 Å². The van der Waals surface area contributed by atoms with Crippen molar-refractivity contribution in [3.8, 4) is 0 Å². The fourth-order valence-electron chi connectivity index (χ4n) is 4.47. The van der Waals surface area contributed by atoms with E-state index in [2.05, 4.69) is 53.1 Å². The first-order valence-electron chi connectivity index (χ1n) is 9.28. The van der Waals surface area contributed by atoms with Gasteiger partial charge in [0.25, 0.3) is 0 Å². The normalized spacial score (nSPS) is 16.0. The SMILES string of the molecule is O=c1ccn(C2CCCCC2)c2ccc3cc4ccccc4cc3c12. The van der Waals surface area contributed by atoms with Gasteiger partial charge < -0.3 is 4.57 Å². The third kappa shape index (κ3) is 2.36. The number of benzene rings is 3. The van der Waals surface area contributed by atoms with E-state index in [4.69, 9.17) is 0 Å². The Labute approximate surface area is 146 Å². The van der Waals surface area contributed by atoms with Crippen LogP contribution in [0.5, 0.6) is 0 Å². The molecule has 5 rings (SSSR count). The van der Waals surface area contributed by atoms with Gasteiger partial charge in [0.1, 0.15) is 0 Å². The quantitative estimate of drug-likeness (QED) is 0.319. The number of hydrogen-bond acceptors (Lipinski definition) is 1. The third-order valence-electron chi connectivity index (χ3n) is 5.74. The minimum atomic E-state index is 0.128. The van der Waals surface area contributed by atoms with Gasteiger partial charge in [-0.1, -0.05) is 49.6 Å². The lowest BCUT2D eigenvalue weighted by Gasteiger charge is -2.26. The number of fused-ring (bicyclic) bond motifs is 4. The highest BCUT2D eigenvalue weighted by Gasteiger charge is 2.17. The Kier molecular flexibility index (Phi) is 3.37. The van der Waals surface area contributed by atoms with Crippen molar-refractivity contribution < 1.29 is 0 Å². The summed E-state index contributed by atoms with van der Waals surface area (Å²) in [4.78, 5) is 12.8. The Morgan fingerprint density at radius 1 is 0.800 bits per heavy atom. The Bertz CT molecular complexity index is 1150. The molecule has 2 nitrogen and oxygen atoms in total. The summed E-state index contributed by atoms with van der Waals surface area (Å²) < 4.78 is 2.35. The molecule has 2 heteroatoms. The number of aromatic nitrogens is 1. The molecule has 0 unspecified atom stereocenters. The molecule has 0 amide bonds. The highest BCUT2D eigenvalue weighted by Crippen LogP contribution is 2.33. The van der Waals surface area contributed by atoms with Gasteiger partial charge in [-0.25, -0.2) is 0 Å². The van der Waals surface area contributed by atoms with E-state index in [1.54, 1.807) is 6.07 Å². The topological polar surface area (TPSA) is 22.0 Å². The van der Waals surface area contributed by atoms with E-state index in [9.17, 15) is 4.79 Å². The van der Waals surface area contributed by atoms with Gasteiger partial charge in [-0.05, 0) is 52.6 Å². The smallest absolute Gasteiger partial charge is 0.190 e. The lowest BCUT2D eigenvalue weighted by atomic mass is 9.94. The standard InChI is InChI=1S/C23H21NO/c25-22-12-13-24(19-8-2-1-3-9-19)21-11-10-18-14-16-6-4-5-7-17(16)15-20(18)23(21)22/h4-7,10-15,19H,1-3,8-9H2. The lowest BCUT2D eigenvalue weighted by Crippen LogP contribution is -2.16. The predicted molar refractivity (Wildman–Crippen MR) is 105 cm³/mol. The molecule has 25 heavy (non-hydrogen) atoms. The molecule has 1 saturated carbocycles. The minimum Gasteiger partial charge on any atom is -0.344 e. The summed E-state index contributed by atoms with van der Waals surface area (Å²) >= 11 is 0. The maximum absolute atomic E-state index is 12.8. The van der Waals surface area contributed by atoms with Gasteiger partial charge in [0, 0.05) is 18.3 Å². The van der Waals surface area contributed by atoms with Crippen LogP contribution in [-0.2, 0) is 0 Å². The molecule has 0 atom stereocenters. The van der Waals surface area contributed by atoms with Gasteiger partial charge >= 0.3 is 0 Å². The average molecular weight is 327 g/mol. The highest BCUT2D eigenvalue weighted by atomic mass is 16.1. The van der Waals surface area contributed by atoms with Gasteiger partial charge in [0.05, 0.1) is 10.9 Å². The molecular weight excluding hydrogens is 306 g/mol. The average Bonchev–Trinajstić information content (AvgIpc) is 2.67. The van der Waals surface area contributed by atoms with Crippen LogP contribution in [0.4, 0.5) is 0 Å². The molecule has 0 N–H and O–H groups in total. The third-order valence-corrected chi connectivity index (χ3v) is 5.74. The predicted octanol–water partition coefficient (Wildman–Crippen LogP) is 5.81. The van der Waals surface area contributed by atoms with Gasteiger partial charge in [0.15, 0.2) is 5.43 Å². The van der Waals surface area contributed by atoms with Gasteiger partial charge in [-0.3, -0.25) is 4.79 Å². The molecule has 4 aromatic rings. The van der Waals surface area contributed by atoms with Crippen LogP contribution in [-0.4, -0.2) is 4.57 Å². The van der Waals surface area contributed by atoms with Crippen LogP contribution in [0, 0.1) is 0 Å². The first-order valence-corrected chi connectivity index (χ1v) is 9.28. The first-order chi connectivity index (χ1) is 12.3. The van der Waals surface area contributed by atoms with E-state index < -0.39 is 0 Å². The van der Waals surface area contributed by atoms with Crippen molar-refractivity contribution in [2.45, 2.75) is 38.1 Å². The Hall–Kier alpha value is -2.61. The van der Waals surface area contributed by atoms with Crippen LogP contribution in [0.25, 0.3) is 32.4 Å². The van der Waals surface area contributed by atoms with Crippen molar-refractivity contribution in [1.82, 2.24) is 4.57 Å². The molecular formula is C23H21NO. The maximum atomic E-state index is 12.8. The summed E-state index contributed by atoms with van der Waals surface area (Å²) in [6, 6.07) is 19.3. The summed E-state index contributed by atoms with van der Waals surface area (Å²) in [5.41, 5.74) is 1.21. The largest absolute Gasteiger partial charge is 0.344 e. The second kappa shape index (κ2) is 5.73. The number of nitrogens with zero attached hydrogens (tertiary/aromatic N) is 1.